The van der Waals surface area contributed by atoms with Gasteiger partial charge in [0.05, 0.1) is 0 Å². The molecule has 0 aromatic heterocycles. The zero-order valence-corrected chi connectivity index (χ0v) is 25.1. The van der Waals surface area contributed by atoms with Gasteiger partial charge < -0.3 is 4.90 Å². The van der Waals surface area contributed by atoms with Gasteiger partial charge in [-0.3, -0.25) is 0 Å². The summed E-state index contributed by atoms with van der Waals surface area (Å²) >= 11 is 0. The number of para-hydroxylation sites is 1. The van der Waals surface area contributed by atoms with E-state index < -0.39 is 0 Å². The SMILES string of the molecule is CC1(c2ccccc2)c2ccccc2-c2cc(N(c3ccccc3)c3ccc4c5ccccc5c5ccccc5c4c3)ccc21. The van der Waals surface area contributed by atoms with E-state index in [0.717, 1.165) is 17.1 Å². The molecular weight excluding hydrogens is 542 g/mol. The second-order valence-corrected chi connectivity index (χ2v) is 12.3. The fraction of sp³-hybridized carbons (Fsp3) is 0.0455. The van der Waals surface area contributed by atoms with Gasteiger partial charge in [0.25, 0.3) is 0 Å². The van der Waals surface area contributed by atoms with Gasteiger partial charge in [0.2, 0.25) is 0 Å². The Kier molecular flexibility index (Phi) is 5.70. The van der Waals surface area contributed by atoms with Crippen LogP contribution in [-0.2, 0) is 5.41 Å². The molecule has 1 nitrogen and oxygen atoms in total. The van der Waals surface area contributed by atoms with Gasteiger partial charge in [-0.25, -0.2) is 0 Å². The maximum Gasteiger partial charge on any atom is 0.0468 e. The number of hydrogen-bond donors (Lipinski definition) is 0. The molecule has 0 radical (unpaired) electrons. The van der Waals surface area contributed by atoms with Crippen LogP contribution in [0.1, 0.15) is 23.6 Å². The third-order valence-electron chi connectivity index (χ3n) is 9.91. The second-order valence-electron chi connectivity index (χ2n) is 12.3. The van der Waals surface area contributed by atoms with E-state index in [9.17, 15) is 0 Å². The highest BCUT2D eigenvalue weighted by atomic mass is 15.1. The summed E-state index contributed by atoms with van der Waals surface area (Å²) < 4.78 is 0. The third kappa shape index (κ3) is 3.81. The Labute approximate surface area is 263 Å². The average molecular weight is 574 g/mol. The summed E-state index contributed by atoms with van der Waals surface area (Å²) in [6, 6.07) is 62.2. The van der Waals surface area contributed by atoms with Crippen molar-refractivity contribution < 1.29 is 0 Å². The second kappa shape index (κ2) is 9.94. The number of nitrogens with zero attached hydrogens (tertiary/aromatic N) is 1. The first-order valence-corrected chi connectivity index (χ1v) is 15.7. The van der Waals surface area contributed by atoms with E-state index in [4.69, 9.17) is 0 Å². The Morgan fingerprint density at radius 1 is 0.356 bits per heavy atom. The summed E-state index contributed by atoms with van der Waals surface area (Å²) in [5, 5.41) is 7.71. The number of anilines is 3. The molecule has 8 aromatic rings. The molecule has 0 saturated carbocycles. The summed E-state index contributed by atoms with van der Waals surface area (Å²) in [7, 11) is 0. The molecule has 1 unspecified atom stereocenters. The van der Waals surface area contributed by atoms with E-state index in [0.29, 0.717) is 0 Å². The molecule has 0 heterocycles. The lowest BCUT2D eigenvalue weighted by molar-refractivity contribution is 0.714. The summed E-state index contributed by atoms with van der Waals surface area (Å²) in [5.41, 5.74) is 9.85. The molecule has 1 heteroatoms. The van der Waals surface area contributed by atoms with Gasteiger partial charge in [-0.15, -0.1) is 0 Å². The summed E-state index contributed by atoms with van der Waals surface area (Å²) in [5.74, 6) is 0. The van der Waals surface area contributed by atoms with Crippen LogP contribution in [0.4, 0.5) is 17.1 Å². The van der Waals surface area contributed by atoms with Crippen molar-refractivity contribution in [2.24, 2.45) is 0 Å². The van der Waals surface area contributed by atoms with Gasteiger partial charge >= 0.3 is 0 Å². The van der Waals surface area contributed by atoms with E-state index in [1.165, 1.54) is 60.1 Å². The van der Waals surface area contributed by atoms with Crippen LogP contribution < -0.4 is 4.90 Å². The van der Waals surface area contributed by atoms with Crippen LogP contribution in [0.5, 0.6) is 0 Å². The standard InChI is InChI=1S/C44H31N/c1-44(30-14-4-2-5-15-30)42-23-13-12-22-39(42)41-29-33(25-27-43(41)44)45(31-16-6-3-7-17-31)32-24-26-38-36-20-9-8-18-34(36)35-19-10-11-21-37(35)40(38)28-32/h2-29H,1H3. The third-order valence-corrected chi connectivity index (χ3v) is 9.91. The fourth-order valence-corrected chi connectivity index (χ4v) is 7.77. The first-order valence-electron chi connectivity index (χ1n) is 15.7. The van der Waals surface area contributed by atoms with E-state index in [1.807, 2.05) is 0 Å². The molecule has 0 N–H and O–H groups in total. The van der Waals surface area contributed by atoms with Crippen LogP contribution in [0, 0.1) is 0 Å². The van der Waals surface area contributed by atoms with Crippen molar-refractivity contribution in [1.29, 1.82) is 0 Å². The fourth-order valence-electron chi connectivity index (χ4n) is 7.77. The lowest BCUT2D eigenvalue weighted by Crippen LogP contribution is -2.22. The van der Waals surface area contributed by atoms with Crippen molar-refractivity contribution in [2.75, 3.05) is 4.90 Å². The van der Waals surface area contributed by atoms with E-state index in [2.05, 4.69) is 182 Å². The van der Waals surface area contributed by atoms with Gasteiger partial charge in [0.1, 0.15) is 0 Å². The van der Waals surface area contributed by atoms with Gasteiger partial charge in [-0.2, -0.15) is 0 Å². The molecule has 1 aliphatic carbocycles. The molecule has 1 atom stereocenters. The maximum atomic E-state index is 2.41. The van der Waals surface area contributed by atoms with Gasteiger partial charge in [0.15, 0.2) is 0 Å². The highest BCUT2D eigenvalue weighted by Crippen LogP contribution is 2.54. The number of fused-ring (bicyclic) bond motifs is 9. The van der Waals surface area contributed by atoms with Crippen LogP contribution >= 0.6 is 0 Å². The Hall–Kier alpha value is -5.66. The summed E-state index contributed by atoms with van der Waals surface area (Å²) in [6.45, 7) is 2.38. The smallest absolute Gasteiger partial charge is 0.0468 e. The van der Waals surface area contributed by atoms with E-state index in [1.54, 1.807) is 0 Å². The Balaban J connectivity index is 1.29. The Morgan fingerprint density at radius 3 is 1.53 bits per heavy atom. The molecular formula is C44H31N. The predicted octanol–water partition coefficient (Wildman–Crippen LogP) is 12.0. The molecule has 0 bridgehead atoms. The minimum atomic E-state index is -0.216. The van der Waals surface area contributed by atoms with Crippen molar-refractivity contribution in [3.05, 3.63) is 187 Å². The molecule has 0 amide bonds. The maximum absolute atomic E-state index is 2.41. The van der Waals surface area contributed by atoms with Crippen LogP contribution in [-0.4, -0.2) is 0 Å². The first kappa shape index (κ1) is 25.8. The van der Waals surface area contributed by atoms with Gasteiger partial charge in [0, 0.05) is 22.5 Å². The quantitative estimate of drug-likeness (QED) is 0.189. The Morgan fingerprint density at radius 2 is 0.844 bits per heavy atom. The molecule has 8 aromatic carbocycles. The Bertz CT molecular complexity index is 2350. The predicted molar refractivity (Wildman–Crippen MR) is 191 cm³/mol. The lowest BCUT2D eigenvalue weighted by atomic mass is 9.74. The van der Waals surface area contributed by atoms with Gasteiger partial charge in [-0.05, 0) is 103 Å². The van der Waals surface area contributed by atoms with Crippen LogP contribution in [0.25, 0.3) is 43.4 Å². The van der Waals surface area contributed by atoms with E-state index in [-0.39, 0.29) is 5.41 Å². The van der Waals surface area contributed by atoms with Crippen molar-refractivity contribution in [2.45, 2.75) is 12.3 Å². The number of benzene rings is 8. The molecule has 212 valence electrons. The molecule has 45 heavy (non-hydrogen) atoms. The largest absolute Gasteiger partial charge is 0.310 e. The van der Waals surface area contributed by atoms with Crippen LogP contribution in [0.2, 0.25) is 0 Å². The van der Waals surface area contributed by atoms with Crippen molar-refractivity contribution in [3.63, 3.8) is 0 Å². The monoisotopic (exact) mass is 573 g/mol. The topological polar surface area (TPSA) is 3.24 Å². The summed E-state index contributed by atoms with van der Waals surface area (Å²) in [4.78, 5) is 2.41. The lowest BCUT2D eigenvalue weighted by Gasteiger charge is -2.29. The van der Waals surface area contributed by atoms with Crippen molar-refractivity contribution in [3.8, 4) is 11.1 Å². The van der Waals surface area contributed by atoms with Crippen molar-refractivity contribution >= 4 is 49.4 Å². The number of hydrogen-bond acceptors (Lipinski definition) is 1. The summed E-state index contributed by atoms with van der Waals surface area (Å²) in [6.07, 6.45) is 0. The molecule has 0 aliphatic heterocycles. The highest BCUT2D eigenvalue weighted by Gasteiger charge is 2.40. The minimum absolute atomic E-state index is 0.216. The molecule has 9 rings (SSSR count). The van der Waals surface area contributed by atoms with Gasteiger partial charge in [-0.1, -0.05) is 133 Å². The van der Waals surface area contributed by atoms with Crippen LogP contribution in [0.3, 0.4) is 0 Å². The molecule has 0 fully saturated rings. The van der Waals surface area contributed by atoms with Crippen molar-refractivity contribution in [1.82, 2.24) is 0 Å². The zero-order valence-electron chi connectivity index (χ0n) is 25.1. The van der Waals surface area contributed by atoms with Crippen LogP contribution in [0.15, 0.2) is 170 Å². The van der Waals surface area contributed by atoms with E-state index >= 15 is 0 Å². The average Bonchev–Trinajstić information content (AvgIpc) is 3.38. The normalized spacial score (nSPS) is 15.3. The molecule has 0 spiro atoms. The minimum Gasteiger partial charge on any atom is -0.310 e. The zero-order chi connectivity index (χ0) is 30.0. The molecule has 1 aliphatic rings. The highest BCUT2D eigenvalue weighted by molar-refractivity contribution is 6.25. The molecule has 0 saturated heterocycles. The first-order chi connectivity index (χ1) is 22.2. The number of rotatable bonds is 4.